The van der Waals surface area contributed by atoms with Crippen LogP contribution < -0.4 is 5.32 Å². The summed E-state index contributed by atoms with van der Waals surface area (Å²) in [6, 6.07) is 13.6. The second-order valence-electron chi connectivity index (χ2n) is 5.83. The van der Waals surface area contributed by atoms with Crippen LogP contribution in [0.5, 0.6) is 0 Å². The molecule has 1 aromatic carbocycles. The molecule has 1 aliphatic carbocycles. The molecule has 2 aromatic rings. The van der Waals surface area contributed by atoms with Crippen molar-refractivity contribution in [1.29, 1.82) is 0 Å². The van der Waals surface area contributed by atoms with Crippen LogP contribution in [0.1, 0.15) is 41.0 Å². The minimum absolute atomic E-state index is 0.461. The van der Waals surface area contributed by atoms with E-state index in [1.807, 2.05) is 23.5 Å². The lowest BCUT2D eigenvalue weighted by molar-refractivity contribution is 0.580. The summed E-state index contributed by atoms with van der Waals surface area (Å²) in [6.07, 6.45) is 4.86. The molecule has 1 unspecified atom stereocenters. The summed E-state index contributed by atoms with van der Waals surface area (Å²) in [4.78, 5) is 2.94. The summed E-state index contributed by atoms with van der Waals surface area (Å²) in [5.41, 5.74) is 1.28. The number of hydrogen-bond acceptors (Lipinski definition) is 2. The third-order valence-corrected chi connectivity index (χ3v) is 5.68. The maximum Gasteiger partial charge on any atom is 0.0441 e. The van der Waals surface area contributed by atoms with Gasteiger partial charge in [0, 0.05) is 33.3 Å². The Morgan fingerprint density at radius 3 is 2.62 bits per heavy atom. The molecule has 1 N–H and O–H groups in total. The molecule has 1 heterocycles. The van der Waals surface area contributed by atoms with Crippen molar-refractivity contribution in [2.75, 3.05) is 6.54 Å². The SMILES string of the molecule is CCc1ccc(CC(CNC2CC2)c2ccccc2Cl)s1. The maximum atomic E-state index is 6.42. The van der Waals surface area contributed by atoms with Gasteiger partial charge in [-0.25, -0.2) is 0 Å². The third-order valence-electron chi connectivity index (χ3n) is 4.09. The van der Waals surface area contributed by atoms with E-state index in [1.54, 1.807) is 0 Å². The number of hydrogen-bond donors (Lipinski definition) is 1. The van der Waals surface area contributed by atoms with Crippen molar-refractivity contribution in [2.45, 2.75) is 44.6 Å². The molecule has 112 valence electrons. The van der Waals surface area contributed by atoms with Gasteiger partial charge in [-0.15, -0.1) is 11.3 Å². The topological polar surface area (TPSA) is 12.0 Å². The highest BCUT2D eigenvalue weighted by atomic mass is 35.5. The molecule has 0 amide bonds. The Morgan fingerprint density at radius 1 is 1.19 bits per heavy atom. The van der Waals surface area contributed by atoms with Crippen LogP contribution in [0.4, 0.5) is 0 Å². The van der Waals surface area contributed by atoms with E-state index in [1.165, 1.54) is 28.2 Å². The number of benzene rings is 1. The zero-order valence-corrected chi connectivity index (χ0v) is 14.0. The van der Waals surface area contributed by atoms with Crippen LogP contribution in [0.3, 0.4) is 0 Å². The quantitative estimate of drug-likeness (QED) is 0.753. The van der Waals surface area contributed by atoms with Crippen molar-refractivity contribution in [2.24, 2.45) is 0 Å². The third kappa shape index (κ3) is 4.09. The molecule has 1 nitrogen and oxygen atoms in total. The Balaban J connectivity index is 1.75. The molecule has 21 heavy (non-hydrogen) atoms. The summed E-state index contributed by atoms with van der Waals surface area (Å²) < 4.78 is 0. The molecule has 1 saturated carbocycles. The molecular formula is C18H22ClNS. The summed E-state index contributed by atoms with van der Waals surface area (Å²) >= 11 is 8.37. The van der Waals surface area contributed by atoms with Crippen molar-refractivity contribution in [3.05, 3.63) is 56.7 Å². The van der Waals surface area contributed by atoms with Crippen molar-refractivity contribution >= 4 is 22.9 Å². The number of thiophene rings is 1. The second-order valence-corrected chi connectivity index (χ2v) is 7.49. The van der Waals surface area contributed by atoms with Crippen LogP contribution in [-0.2, 0) is 12.8 Å². The van der Waals surface area contributed by atoms with Gasteiger partial charge < -0.3 is 5.32 Å². The van der Waals surface area contributed by atoms with E-state index in [0.29, 0.717) is 5.92 Å². The van der Waals surface area contributed by atoms with Gasteiger partial charge in [-0.1, -0.05) is 36.7 Å². The first kappa shape index (κ1) is 15.1. The molecule has 3 heteroatoms. The molecule has 1 fully saturated rings. The van der Waals surface area contributed by atoms with E-state index in [9.17, 15) is 0 Å². The minimum Gasteiger partial charge on any atom is -0.313 e. The highest BCUT2D eigenvalue weighted by Crippen LogP contribution is 2.30. The monoisotopic (exact) mass is 319 g/mol. The highest BCUT2D eigenvalue weighted by molar-refractivity contribution is 7.11. The summed E-state index contributed by atoms with van der Waals surface area (Å²) in [7, 11) is 0. The molecular weight excluding hydrogens is 298 g/mol. The van der Waals surface area contributed by atoms with Gasteiger partial charge in [0.2, 0.25) is 0 Å². The first-order valence-electron chi connectivity index (χ1n) is 7.81. The Labute approximate surface area is 136 Å². The molecule has 0 aliphatic heterocycles. The molecule has 1 aliphatic rings. The predicted molar refractivity (Wildman–Crippen MR) is 92.6 cm³/mol. The van der Waals surface area contributed by atoms with Gasteiger partial charge in [-0.2, -0.15) is 0 Å². The number of nitrogens with one attached hydrogen (secondary N) is 1. The number of aryl methyl sites for hydroxylation is 1. The molecule has 0 bridgehead atoms. The lowest BCUT2D eigenvalue weighted by atomic mass is 9.94. The van der Waals surface area contributed by atoms with Gasteiger partial charge in [0.05, 0.1) is 0 Å². The van der Waals surface area contributed by atoms with Crippen LogP contribution in [0.25, 0.3) is 0 Å². The van der Waals surface area contributed by atoms with Crippen molar-refractivity contribution < 1.29 is 0 Å². The van der Waals surface area contributed by atoms with Crippen LogP contribution >= 0.6 is 22.9 Å². The van der Waals surface area contributed by atoms with Crippen molar-refractivity contribution in [3.63, 3.8) is 0 Å². The minimum atomic E-state index is 0.461. The lowest BCUT2D eigenvalue weighted by Gasteiger charge is -2.19. The molecule has 0 saturated heterocycles. The number of rotatable bonds is 7. The zero-order valence-electron chi connectivity index (χ0n) is 12.4. The van der Waals surface area contributed by atoms with E-state index in [0.717, 1.165) is 30.5 Å². The Morgan fingerprint density at radius 2 is 1.95 bits per heavy atom. The van der Waals surface area contributed by atoms with Gasteiger partial charge in [0.15, 0.2) is 0 Å². The van der Waals surface area contributed by atoms with Crippen LogP contribution in [0, 0.1) is 0 Å². The predicted octanol–water partition coefficient (Wildman–Crippen LogP) is 5.04. The van der Waals surface area contributed by atoms with Crippen molar-refractivity contribution in [3.8, 4) is 0 Å². The molecule has 1 aromatic heterocycles. The van der Waals surface area contributed by atoms with E-state index >= 15 is 0 Å². The van der Waals surface area contributed by atoms with E-state index < -0.39 is 0 Å². The molecule has 0 spiro atoms. The lowest BCUT2D eigenvalue weighted by Crippen LogP contribution is -2.24. The van der Waals surface area contributed by atoms with Crippen LogP contribution in [-0.4, -0.2) is 12.6 Å². The average molecular weight is 320 g/mol. The first-order valence-corrected chi connectivity index (χ1v) is 9.01. The zero-order chi connectivity index (χ0) is 14.7. The Hall–Kier alpha value is -0.830. The second kappa shape index (κ2) is 6.95. The first-order chi connectivity index (χ1) is 10.3. The molecule has 3 rings (SSSR count). The highest BCUT2D eigenvalue weighted by Gasteiger charge is 2.23. The summed E-state index contributed by atoms with van der Waals surface area (Å²) in [5, 5.41) is 4.57. The van der Waals surface area contributed by atoms with Gasteiger partial charge >= 0.3 is 0 Å². The van der Waals surface area contributed by atoms with E-state index in [2.05, 4.69) is 36.5 Å². The van der Waals surface area contributed by atoms with Crippen LogP contribution in [0.2, 0.25) is 5.02 Å². The fourth-order valence-corrected chi connectivity index (χ4v) is 3.99. The number of halogens is 1. The fraction of sp³-hybridized carbons (Fsp3) is 0.444. The van der Waals surface area contributed by atoms with E-state index in [4.69, 9.17) is 11.6 Å². The Kier molecular flexibility index (Phi) is 4.99. The Bertz CT molecular complexity index is 588. The average Bonchev–Trinajstić information content (AvgIpc) is 3.22. The standard InChI is InChI=1S/C18H22ClNS/c1-2-15-9-10-16(21-15)11-13(12-20-14-7-8-14)17-5-3-4-6-18(17)19/h3-6,9-10,13-14,20H,2,7-8,11-12H2,1H3. The molecule has 0 radical (unpaired) electrons. The molecule has 1 atom stereocenters. The summed E-state index contributed by atoms with van der Waals surface area (Å²) in [6.45, 7) is 3.24. The fourth-order valence-electron chi connectivity index (χ4n) is 2.66. The van der Waals surface area contributed by atoms with Gasteiger partial charge in [0.25, 0.3) is 0 Å². The van der Waals surface area contributed by atoms with E-state index in [-0.39, 0.29) is 0 Å². The van der Waals surface area contributed by atoms with Gasteiger partial charge in [0.1, 0.15) is 0 Å². The summed E-state index contributed by atoms with van der Waals surface area (Å²) in [5.74, 6) is 0.461. The normalized spacial score (nSPS) is 16.1. The smallest absolute Gasteiger partial charge is 0.0441 e. The maximum absolute atomic E-state index is 6.42. The largest absolute Gasteiger partial charge is 0.313 e. The van der Waals surface area contributed by atoms with Gasteiger partial charge in [-0.05, 0) is 49.4 Å². The van der Waals surface area contributed by atoms with Crippen molar-refractivity contribution in [1.82, 2.24) is 5.32 Å². The van der Waals surface area contributed by atoms with Crippen LogP contribution in [0.15, 0.2) is 36.4 Å². The van der Waals surface area contributed by atoms with Gasteiger partial charge in [-0.3, -0.25) is 0 Å².